The fourth-order valence-corrected chi connectivity index (χ4v) is 2.49. The SMILES string of the molecule is CC1CN(c2ccc(B(O)O)cc2[N+](=O)[O-])CC(C)O1. The quantitative estimate of drug-likeness (QED) is 0.455. The fraction of sp³-hybridized carbons (Fsp3) is 0.500. The Balaban J connectivity index is 2.37. The van der Waals surface area contributed by atoms with Crippen molar-refractivity contribution in [2.45, 2.75) is 26.1 Å². The molecule has 7 nitrogen and oxygen atoms in total. The molecular formula is C12H17BN2O5. The lowest BCUT2D eigenvalue weighted by Gasteiger charge is -2.36. The Kier molecular flexibility index (Phi) is 4.27. The Morgan fingerprint density at radius 2 is 1.95 bits per heavy atom. The van der Waals surface area contributed by atoms with Crippen molar-refractivity contribution in [3.05, 3.63) is 28.3 Å². The molecule has 1 aliphatic rings. The second kappa shape index (κ2) is 5.78. The molecule has 0 amide bonds. The maximum atomic E-state index is 11.2. The molecule has 20 heavy (non-hydrogen) atoms. The fourth-order valence-electron chi connectivity index (χ4n) is 2.49. The van der Waals surface area contributed by atoms with E-state index in [1.54, 1.807) is 6.07 Å². The summed E-state index contributed by atoms with van der Waals surface area (Å²) in [6.07, 6.45) is -0.0251. The van der Waals surface area contributed by atoms with Crippen molar-refractivity contribution in [1.82, 2.24) is 0 Å². The number of morpholine rings is 1. The molecule has 8 heteroatoms. The number of nitro groups is 1. The van der Waals surface area contributed by atoms with Crippen LogP contribution in [-0.4, -0.2) is 47.4 Å². The topological polar surface area (TPSA) is 96.1 Å². The van der Waals surface area contributed by atoms with Crippen LogP contribution in [0.15, 0.2) is 18.2 Å². The minimum absolute atomic E-state index is 0.0125. The summed E-state index contributed by atoms with van der Waals surface area (Å²) in [5, 5.41) is 29.4. The van der Waals surface area contributed by atoms with Crippen LogP contribution in [0.1, 0.15) is 13.8 Å². The van der Waals surface area contributed by atoms with Crippen molar-refractivity contribution in [2.75, 3.05) is 18.0 Å². The van der Waals surface area contributed by atoms with Crippen LogP contribution in [0.25, 0.3) is 0 Å². The third-order valence-corrected chi connectivity index (χ3v) is 3.25. The molecule has 1 heterocycles. The van der Waals surface area contributed by atoms with E-state index in [4.69, 9.17) is 14.8 Å². The summed E-state index contributed by atoms with van der Waals surface area (Å²) >= 11 is 0. The lowest BCUT2D eigenvalue weighted by molar-refractivity contribution is -0.384. The molecule has 2 atom stereocenters. The van der Waals surface area contributed by atoms with Crippen molar-refractivity contribution >= 4 is 24.0 Å². The summed E-state index contributed by atoms with van der Waals surface area (Å²) in [5.74, 6) is 0. The van der Waals surface area contributed by atoms with Crippen LogP contribution in [0.5, 0.6) is 0 Å². The Morgan fingerprint density at radius 3 is 2.45 bits per heavy atom. The summed E-state index contributed by atoms with van der Waals surface area (Å²) in [5.41, 5.74) is 0.452. The summed E-state index contributed by atoms with van der Waals surface area (Å²) < 4.78 is 5.61. The molecule has 1 aliphatic heterocycles. The molecule has 1 fully saturated rings. The molecule has 1 aromatic carbocycles. The van der Waals surface area contributed by atoms with Gasteiger partial charge in [-0.15, -0.1) is 0 Å². The van der Waals surface area contributed by atoms with E-state index in [1.807, 2.05) is 18.7 Å². The molecule has 0 bridgehead atoms. The van der Waals surface area contributed by atoms with Crippen LogP contribution in [0.4, 0.5) is 11.4 Å². The molecule has 108 valence electrons. The van der Waals surface area contributed by atoms with Crippen molar-refractivity contribution in [3.8, 4) is 0 Å². The Hall–Kier alpha value is -1.64. The number of nitrogens with zero attached hydrogens (tertiary/aromatic N) is 2. The molecular weight excluding hydrogens is 263 g/mol. The third-order valence-electron chi connectivity index (χ3n) is 3.25. The van der Waals surface area contributed by atoms with Gasteiger partial charge in [0, 0.05) is 19.2 Å². The number of anilines is 1. The van der Waals surface area contributed by atoms with Crippen LogP contribution < -0.4 is 10.4 Å². The van der Waals surface area contributed by atoms with Crippen molar-refractivity contribution in [1.29, 1.82) is 0 Å². The maximum absolute atomic E-state index is 11.2. The van der Waals surface area contributed by atoms with E-state index < -0.39 is 12.0 Å². The molecule has 0 aliphatic carbocycles. The Labute approximate surface area is 117 Å². The van der Waals surface area contributed by atoms with Gasteiger partial charge >= 0.3 is 7.12 Å². The highest BCUT2D eigenvalue weighted by molar-refractivity contribution is 6.58. The largest absolute Gasteiger partial charge is 0.488 e. The second-order valence-electron chi connectivity index (χ2n) is 5.04. The smallest absolute Gasteiger partial charge is 0.423 e. The first-order valence-electron chi connectivity index (χ1n) is 6.43. The van der Waals surface area contributed by atoms with Gasteiger partial charge in [-0.25, -0.2) is 0 Å². The summed E-state index contributed by atoms with van der Waals surface area (Å²) in [4.78, 5) is 12.6. The predicted octanol–water partition coefficient (Wildman–Crippen LogP) is -0.112. The highest BCUT2D eigenvalue weighted by atomic mass is 16.6. The highest BCUT2D eigenvalue weighted by Crippen LogP contribution is 2.29. The Morgan fingerprint density at radius 1 is 1.35 bits per heavy atom. The molecule has 2 rings (SSSR count). The summed E-state index contributed by atoms with van der Waals surface area (Å²) in [7, 11) is -1.72. The van der Waals surface area contributed by atoms with Crippen molar-refractivity contribution in [3.63, 3.8) is 0 Å². The highest BCUT2D eigenvalue weighted by Gasteiger charge is 2.28. The van der Waals surface area contributed by atoms with Crippen molar-refractivity contribution < 1.29 is 19.7 Å². The van der Waals surface area contributed by atoms with Crippen LogP contribution in [0.2, 0.25) is 0 Å². The van der Waals surface area contributed by atoms with Gasteiger partial charge in [0.2, 0.25) is 0 Å². The van der Waals surface area contributed by atoms with Crippen LogP contribution >= 0.6 is 0 Å². The third kappa shape index (κ3) is 3.09. The number of benzene rings is 1. The van der Waals surface area contributed by atoms with E-state index in [9.17, 15) is 10.1 Å². The van der Waals surface area contributed by atoms with Crippen molar-refractivity contribution in [2.24, 2.45) is 0 Å². The molecule has 0 radical (unpaired) electrons. The standard InChI is InChI=1S/C12H17BN2O5/c1-8-6-14(7-9(2)20-8)11-4-3-10(13(16)17)5-12(11)15(18)19/h3-5,8-9,16-17H,6-7H2,1-2H3. The predicted molar refractivity (Wildman–Crippen MR) is 75.1 cm³/mol. The summed E-state index contributed by atoms with van der Waals surface area (Å²) in [6, 6.07) is 4.24. The van der Waals surface area contributed by atoms with Gasteiger partial charge in [-0.2, -0.15) is 0 Å². The minimum atomic E-state index is -1.72. The van der Waals surface area contributed by atoms with E-state index in [1.165, 1.54) is 12.1 Å². The van der Waals surface area contributed by atoms with Gasteiger partial charge in [0.1, 0.15) is 5.69 Å². The van der Waals surface area contributed by atoms with E-state index in [2.05, 4.69) is 0 Å². The number of nitro benzene ring substituents is 1. The first-order valence-corrected chi connectivity index (χ1v) is 6.43. The molecule has 1 aromatic rings. The second-order valence-corrected chi connectivity index (χ2v) is 5.04. The molecule has 0 spiro atoms. The summed E-state index contributed by atoms with van der Waals surface area (Å²) in [6.45, 7) is 4.96. The number of rotatable bonds is 3. The average molecular weight is 280 g/mol. The van der Waals surface area contributed by atoms with Gasteiger partial charge in [0.05, 0.1) is 17.1 Å². The zero-order valence-corrected chi connectivity index (χ0v) is 11.4. The first-order chi connectivity index (χ1) is 9.38. The van der Waals surface area contributed by atoms with Gasteiger partial charge in [0.15, 0.2) is 0 Å². The van der Waals surface area contributed by atoms with Crippen LogP contribution in [0.3, 0.4) is 0 Å². The molecule has 0 aromatic heterocycles. The molecule has 0 saturated carbocycles. The number of hydrogen-bond acceptors (Lipinski definition) is 6. The monoisotopic (exact) mass is 280 g/mol. The van der Waals surface area contributed by atoms with Gasteiger partial charge in [-0.1, -0.05) is 6.07 Å². The molecule has 2 unspecified atom stereocenters. The first kappa shape index (κ1) is 14.8. The van der Waals surface area contributed by atoms with E-state index >= 15 is 0 Å². The maximum Gasteiger partial charge on any atom is 0.488 e. The lowest BCUT2D eigenvalue weighted by atomic mass is 9.80. The van der Waals surface area contributed by atoms with E-state index in [0.717, 1.165) is 0 Å². The minimum Gasteiger partial charge on any atom is -0.423 e. The normalized spacial score (nSPS) is 22.7. The number of hydrogen-bond donors (Lipinski definition) is 2. The van der Waals surface area contributed by atoms with Gasteiger partial charge in [0.25, 0.3) is 5.69 Å². The van der Waals surface area contributed by atoms with E-state index in [0.29, 0.717) is 18.8 Å². The zero-order valence-electron chi connectivity index (χ0n) is 11.4. The lowest BCUT2D eigenvalue weighted by Crippen LogP contribution is -2.46. The average Bonchev–Trinajstić information content (AvgIpc) is 2.36. The molecule has 1 saturated heterocycles. The van der Waals surface area contributed by atoms with Gasteiger partial charge in [-0.3, -0.25) is 10.1 Å². The van der Waals surface area contributed by atoms with E-state index in [-0.39, 0.29) is 23.4 Å². The molecule has 2 N–H and O–H groups in total. The Bertz CT molecular complexity index is 501. The number of ether oxygens (including phenoxy) is 1. The van der Waals surface area contributed by atoms with Gasteiger partial charge in [-0.05, 0) is 25.4 Å². The zero-order chi connectivity index (χ0) is 14.9. The van der Waals surface area contributed by atoms with Crippen LogP contribution in [-0.2, 0) is 4.74 Å². The van der Waals surface area contributed by atoms with Crippen LogP contribution in [0, 0.1) is 10.1 Å². The van der Waals surface area contributed by atoms with Gasteiger partial charge < -0.3 is 19.7 Å².